The molecule has 0 aromatic carbocycles. The Balaban J connectivity index is 3.55. The van der Waals surface area contributed by atoms with Crippen molar-refractivity contribution in [1.29, 1.82) is 0 Å². The van der Waals surface area contributed by atoms with Crippen LogP contribution in [0.4, 0.5) is 0 Å². The molecule has 0 fully saturated rings. The fourth-order valence-corrected chi connectivity index (χ4v) is 6.38. The first-order valence-electron chi connectivity index (χ1n) is 21.9. The molecule has 0 spiro atoms. The normalized spacial score (nSPS) is 13.4. The lowest BCUT2D eigenvalue weighted by Crippen LogP contribution is -2.45. The van der Waals surface area contributed by atoms with E-state index in [1.54, 1.807) is 6.08 Å². The number of rotatable bonds is 39. The average molecular weight is 700 g/mol. The van der Waals surface area contributed by atoms with Crippen LogP contribution in [-0.2, 0) is 4.79 Å². The molecule has 3 N–H and O–H groups in total. The van der Waals surface area contributed by atoms with Gasteiger partial charge in [0, 0.05) is 6.42 Å². The molecule has 0 aromatic heterocycles. The summed E-state index contributed by atoms with van der Waals surface area (Å²) in [5.41, 5.74) is 0. The molecule has 0 aliphatic rings. The van der Waals surface area contributed by atoms with E-state index < -0.39 is 12.1 Å². The lowest BCUT2D eigenvalue weighted by molar-refractivity contribution is -0.123. The Labute approximate surface area is 312 Å². The van der Waals surface area contributed by atoms with E-state index >= 15 is 0 Å². The molecule has 50 heavy (non-hydrogen) atoms. The zero-order chi connectivity index (χ0) is 36.4. The first-order valence-corrected chi connectivity index (χ1v) is 21.9. The molecule has 1 amide bonds. The van der Waals surface area contributed by atoms with E-state index in [4.69, 9.17) is 0 Å². The highest BCUT2D eigenvalue weighted by Gasteiger charge is 2.17. The summed E-state index contributed by atoms with van der Waals surface area (Å²) in [6.07, 6.45) is 56.5. The first-order chi connectivity index (χ1) is 24.7. The third kappa shape index (κ3) is 37.6. The number of carbonyl (C=O) groups is 1. The molecule has 0 saturated heterocycles. The van der Waals surface area contributed by atoms with Crippen LogP contribution in [0, 0.1) is 0 Å². The largest absolute Gasteiger partial charge is 0.394 e. The molecule has 0 heterocycles. The molecular weight excluding hydrogens is 615 g/mol. The maximum Gasteiger partial charge on any atom is 0.220 e. The molecule has 4 heteroatoms. The monoisotopic (exact) mass is 700 g/mol. The average Bonchev–Trinajstić information content (AvgIpc) is 3.12. The summed E-state index contributed by atoms with van der Waals surface area (Å²) in [5.74, 6) is -0.0793. The van der Waals surface area contributed by atoms with Crippen molar-refractivity contribution >= 4 is 5.91 Å². The third-order valence-corrected chi connectivity index (χ3v) is 9.76. The van der Waals surface area contributed by atoms with Crippen molar-refractivity contribution in [2.45, 2.75) is 231 Å². The minimum Gasteiger partial charge on any atom is -0.394 e. The van der Waals surface area contributed by atoms with E-state index in [1.807, 2.05) is 6.08 Å². The van der Waals surface area contributed by atoms with Gasteiger partial charge in [0.15, 0.2) is 0 Å². The van der Waals surface area contributed by atoms with Gasteiger partial charge in [0.05, 0.1) is 18.8 Å². The number of unbranched alkanes of at least 4 members (excludes halogenated alkanes) is 26. The lowest BCUT2D eigenvalue weighted by atomic mass is 10.0. The fourth-order valence-electron chi connectivity index (χ4n) is 6.38. The SMILES string of the molecule is CCCCC/C=C/CC/C=C/CC/C=C/C(O)C(CO)NC(=O)CCCCCCCCCCCCCCC/C=C\CCCCCCCCCC. The van der Waals surface area contributed by atoms with Crippen molar-refractivity contribution in [1.82, 2.24) is 5.32 Å². The number of aliphatic hydroxyl groups is 2. The number of aliphatic hydroxyl groups excluding tert-OH is 2. The summed E-state index contributed by atoms with van der Waals surface area (Å²) >= 11 is 0. The van der Waals surface area contributed by atoms with Gasteiger partial charge in [0.1, 0.15) is 0 Å². The van der Waals surface area contributed by atoms with Crippen molar-refractivity contribution in [3.8, 4) is 0 Å². The smallest absolute Gasteiger partial charge is 0.220 e. The fraction of sp³-hybridized carbons (Fsp3) is 0.804. The quantitative estimate of drug-likeness (QED) is 0.0442. The summed E-state index contributed by atoms with van der Waals surface area (Å²) in [7, 11) is 0. The lowest BCUT2D eigenvalue weighted by Gasteiger charge is -2.19. The van der Waals surface area contributed by atoms with Crippen LogP contribution in [-0.4, -0.2) is 34.9 Å². The second-order valence-corrected chi connectivity index (χ2v) is 14.7. The van der Waals surface area contributed by atoms with E-state index in [0.717, 1.165) is 38.5 Å². The molecule has 0 rings (SSSR count). The number of nitrogens with one attached hydrogen (secondary N) is 1. The molecule has 4 nitrogen and oxygen atoms in total. The number of amides is 1. The molecule has 0 saturated carbocycles. The van der Waals surface area contributed by atoms with Gasteiger partial charge in [-0.2, -0.15) is 0 Å². The second-order valence-electron chi connectivity index (χ2n) is 14.7. The van der Waals surface area contributed by atoms with Crippen molar-refractivity contribution in [2.24, 2.45) is 0 Å². The molecule has 0 aliphatic carbocycles. The van der Waals surface area contributed by atoms with Gasteiger partial charge < -0.3 is 15.5 Å². The van der Waals surface area contributed by atoms with Crippen LogP contribution in [0.5, 0.6) is 0 Å². The van der Waals surface area contributed by atoms with Crippen LogP contribution in [0.2, 0.25) is 0 Å². The number of hydrogen-bond donors (Lipinski definition) is 3. The topological polar surface area (TPSA) is 69.6 Å². The number of allylic oxidation sites excluding steroid dienone is 7. The maximum absolute atomic E-state index is 12.4. The van der Waals surface area contributed by atoms with Gasteiger partial charge >= 0.3 is 0 Å². The van der Waals surface area contributed by atoms with Gasteiger partial charge in [-0.25, -0.2) is 0 Å². The van der Waals surface area contributed by atoms with Crippen LogP contribution >= 0.6 is 0 Å². The van der Waals surface area contributed by atoms with E-state index in [-0.39, 0.29) is 12.5 Å². The van der Waals surface area contributed by atoms with E-state index in [1.165, 1.54) is 161 Å². The standard InChI is InChI=1S/C46H85NO3/c1-3-5-7-9-11-13-15-17-18-19-20-21-22-23-24-25-26-27-28-30-32-34-36-38-40-42-46(50)47-44(43-48)45(49)41-39-37-35-33-31-29-16-14-12-10-8-6-4-2/h12,14,19-20,31,33,39,41,44-45,48-49H,3-11,13,15-18,21-30,32,34-38,40,42-43H2,1-2H3,(H,47,50)/b14-12+,20-19-,33-31+,41-39+. The van der Waals surface area contributed by atoms with Crippen LogP contribution in [0.1, 0.15) is 219 Å². The zero-order valence-electron chi connectivity index (χ0n) is 33.4. The highest BCUT2D eigenvalue weighted by molar-refractivity contribution is 5.76. The Morgan fingerprint density at radius 2 is 0.780 bits per heavy atom. The summed E-state index contributed by atoms with van der Waals surface area (Å²) in [4.78, 5) is 12.4. The van der Waals surface area contributed by atoms with Crippen LogP contribution in [0.3, 0.4) is 0 Å². The Hall–Kier alpha value is -1.65. The molecule has 0 radical (unpaired) electrons. The molecule has 2 unspecified atom stereocenters. The molecule has 292 valence electrons. The molecule has 0 aliphatic heterocycles. The predicted molar refractivity (Wildman–Crippen MR) is 221 cm³/mol. The highest BCUT2D eigenvalue weighted by atomic mass is 16.3. The van der Waals surface area contributed by atoms with Crippen molar-refractivity contribution in [3.63, 3.8) is 0 Å². The van der Waals surface area contributed by atoms with Gasteiger partial charge in [-0.1, -0.05) is 191 Å². The summed E-state index contributed by atoms with van der Waals surface area (Å²) in [5, 5.41) is 22.9. The Kier molecular flexibility index (Phi) is 40.4. The Bertz CT molecular complexity index is 801. The minimum atomic E-state index is -0.868. The van der Waals surface area contributed by atoms with Gasteiger partial charge in [-0.05, 0) is 70.6 Å². The Morgan fingerprint density at radius 3 is 1.20 bits per heavy atom. The predicted octanol–water partition coefficient (Wildman–Crippen LogP) is 13.6. The Morgan fingerprint density at radius 1 is 0.460 bits per heavy atom. The summed E-state index contributed by atoms with van der Waals surface area (Å²) in [6.45, 7) is 4.26. The van der Waals surface area contributed by atoms with Crippen molar-refractivity contribution in [3.05, 3.63) is 48.6 Å². The van der Waals surface area contributed by atoms with E-state index in [2.05, 4.69) is 55.6 Å². The molecule has 2 atom stereocenters. The van der Waals surface area contributed by atoms with Crippen molar-refractivity contribution in [2.75, 3.05) is 6.61 Å². The van der Waals surface area contributed by atoms with Gasteiger partial charge in [0.25, 0.3) is 0 Å². The molecular formula is C46H85NO3. The van der Waals surface area contributed by atoms with Gasteiger partial charge in [0.2, 0.25) is 5.91 Å². The summed E-state index contributed by atoms with van der Waals surface area (Å²) in [6, 6.07) is -0.644. The number of hydrogen-bond acceptors (Lipinski definition) is 3. The third-order valence-electron chi connectivity index (χ3n) is 9.76. The minimum absolute atomic E-state index is 0.0793. The van der Waals surface area contributed by atoms with Gasteiger partial charge in [-0.3, -0.25) is 4.79 Å². The van der Waals surface area contributed by atoms with Crippen LogP contribution in [0.15, 0.2) is 48.6 Å². The maximum atomic E-state index is 12.4. The van der Waals surface area contributed by atoms with Crippen LogP contribution in [0.25, 0.3) is 0 Å². The van der Waals surface area contributed by atoms with Gasteiger partial charge in [-0.15, -0.1) is 0 Å². The molecule has 0 bridgehead atoms. The molecule has 0 aromatic rings. The zero-order valence-corrected chi connectivity index (χ0v) is 33.4. The van der Waals surface area contributed by atoms with Crippen LogP contribution < -0.4 is 5.32 Å². The first kappa shape index (κ1) is 48.3. The van der Waals surface area contributed by atoms with Crippen molar-refractivity contribution < 1.29 is 15.0 Å². The highest BCUT2D eigenvalue weighted by Crippen LogP contribution is 2.14. The van der Waals surface area contributed by atoms with E-state index in [0.29, 0.717) is 6.42 Å². The second kappa shape index (κ2) is 41.8. The van der Waals surface area contributed by atoms with E-state index in [9.17, 15) is 15.0 Å². The number of carbonyl (C=O) groups excluding carboxylic acids is 1. The summed E-state index contributed by atoms with van der Waals surface area (Å²) < 4.78 is 0.